The molecular weight excluding hydrogens is 376 g/mol. The maximum atomic E-state index is 11.9. The van der Waals surface area contributed by atoms with Crippen LogP contribution in [0.5, 0.6) is 5.75 Å². The number of nitrogens with one attached hydrogen (secondary N) is 1. The highest BCUT2D eigenvalue weighted by molar-refractivity contribution is 5.85. The molecule has 0 atom stereocenters. The van der Waals surface area contributed by atoms with Gasteiger partial charge in [0.05, 0.1) is 6.61 Å². The fourth-order valence-electron chi connectivity index (χ4n) is 3.17. The van der Waals surface area contributed by atoms with E-state index in [4.69, 9.17) is 9.47 Å². The van der Waals surface area contributed by atoms with Crippen molar-refractivity contribution in [1.82, 2.24) is 4.90 Å². The van der Waals surface area contributed by atoms with Crippen molar-refractivity contribution in [2.24, 2.45) is 0 Å². The predicted octanol–water partition coefficient (Wildman–Crippen LogP) is 4.76. The molecule has 152 valence electrons. The topological polar surface area (TPSA) is 50.8 Å². The molecule has 0 spiro atoms. The van der Waals surface area contributed by atoms with Gasteiger partial charge in [0.15, 0.2) is 0 Å². The van der Waals surface area contributed by atoms with Gasteiger partial charge in [0.1, 0.15) is 12.4 Å². The molecule has 1 fully saturated rings. The summed E-state index contributed by atoms with van der Waals surface area (Å²) < 4.78 is 11.0. The van der Waals surface area contributed by atoms with E-state index in [2.05, 4.69) is 10.2 Å². The lowest BCUT2D eigenvalue weighted by Crippen LogP contribution is -2.33. The molecule has 1 amide bonds. The van der Waals surface area contributed by atoms with Gasteiger partial charge in [-0.25, -0.2) is 4.79 Å². The molecule has 0 aliphatic carbocycles. The number of nitrogens with zero attached hydrogens (tertiary/aromatic N) is 1. The van der Waals surface area contributed by atoms with Crippen LogP contribution in [0.4, 0.5) is 10.5 Å². The van der Waals surface area contributed by atoms with Crippen LogP contribution in [0.25, 0.3) is 0 Å². The van der Waals surface area contributed by atoms with Gasteiger partial charge in [0.2, 0.25) is 0 Å². The molecule has 0 radical (unpaired) electrons. The molecule has 2 aromatic rings. The van der Waals surface area contributed by atoms with Crippen LogP contribution in [-0.2, 0) is 11.2 Å². The maximum absolute atomic E-state index is 11.9. The minimum Gasteiger partial charge on any atom is -0.492 e. The highest BCUT2D eigenvalue weighted by atomic mass is 35.5. The number of amides is 1. The summed E-state index contributed by atoms with van der Waals surface area (Å²) in [6, 6.07) is 17.4. The number of benzene rings is 2. The fraction of sp³-hybridized carbons (Fsp3) is 0.409. The molecule has 28 heavy (non-hydrogen) atoms. The third-order valence-corrected chi connectivity index (χ3v) is 4.69. The zero-order valence-corrected chi connectivity index (χ0v) is 17.0. The summed E-state index contributed by atoms with van der Waals surface area (Å²) in [5, 5.41) is 2.74. The van der Waals surface area contributed by atoms with Gasteiger partial charge in [0, 0.05) is 18.7 Å². The number of piperidine rings is 1. The second-order valence-electron chi connectivity index (χ2n) is 6.77. The average molecular weight is 405 g/mol. The van der Waals surface area contributed by atoms with Crippen LogP contribution in [0.3, 0.4) is 0 Å². The highest BCUT2D eigenvalue weighted by Crippen LogP contribution is 2.16. The minimum atomic E-state index is -0.440. The lowest BCUT2D eigenvalue weighted by Gasteiger charge is -2.26. The summed E-state index contributed by atoms with van der Waals surface area (Å²) in [5.74, 6) is 0.815. The molecule has 1 aliphatic heterocycles. The van der Waals surface area contributed by atoms with Crippen molar-refractivity contribution in [3.63, 3.8) is 0 Å². The number of anilines is 1. The van der Waals surface area contributed by atoms with Crippen LogP contribution in [0.2, 0.25) is 0 Å². The predicted molar refractivity (Wildman–Crippen MR) is 115 cm³/mol. The number of carbonyl (C=O) groups excluding carboxylic acids is 1. The van der Waals surface area contributed by atoms with Crippen LogP contribution in [0.15, 0.2) is 54.6 Å². The van der Waals surface area contributed by atoms with E-state index in [0.29, 0.717) is 25.3 Å². The number of carbonyl (C=O) groups is 1. The summed E-state index contributed by atoms with van der Waals surface area (Å²) >= 11 is 0. The zero-order chi connectivity index (χ0) is 18.7. The molecule has 3 rings (SSSR count). The monoisotopic (exact) mass is 404 g/mol. The largest absolute Gasteiger partial charge is 0.492 e. The standard InChI is InChI=1S/C22H28N2O3.ClH/c25-22(27-17-13-19-7-3-1-4-8-19)23-20-9-11-21(12-10-20)26-18-16-24-14-5-2-6-15-24;/h1,3-4,7-12H,2,5-6,13-18H2,(H,23,25);1H. The van der Waals surface area contributed by atoms with Crippen molar-refractivity contribution in [1.29, 1.82) is 0 Å². The maximum Gasteiger partial charge on any atom is 0.411 e. The van der Waals surface area contributed by atoms with Crippen molar-refractivity contribution in [2.45, 2.75) is 25.7 Å². The van der Waals surface area contributed by atoms with Crippen molar-refractivity contribution in [3.8, 4) is 5.75 Å². The normalized spacial score (nSPS) is 14.0. The van der Waals surface area contributed by atoms with E-state index < -0.39 is 6.09 Å². The number of hydrogen-bond donors (Lipinski definition) is 1. The SMILES string of the molecule is Cl.O=C(Nc1ccc(OCCN2CCCCC2)cc1)OCCc1ccccc1. The van der Waals surface area contributed by atoms with Gasteiger partial charge in [0.25, 0.3) is 0 Å². The van der Waals surface area contributed by atoms with Gasteiger partial charge >= 0.3 is 6.09 Å². The van der Waals surface area contributed by atoms with E-state index in [-0.39, 0.29) is 12.4 Å². The van der Waals surface area contributed by atoms with E-state index in [1.54, 1.807) is 0 Å². The first-order chi connectivity index (χ1) is 13.3. The highest BCUT2D eigenvalue weighted by Gasteiger charge is 2.09. The van der Waals surface area contributed by atoms with Crippen molar-refractivity contribution in [2.75, 3.05) is 38.2 Å². The molecule has 2 aromatic carbocycles. The molecule has 0 bridgehead atoms. The lowest BCUT2D eigenvalue weighted by molar-refractivity contribution is 0.163. The summed E-state index contributed by atoms with van der Waals surface area (Å²) in [6.07, 6.45) is 4.20. The second-order valence-corrected chi connectivity index (χ2v) is 6.77. The van der Waals surface area contributed by atoms with Gasteiger partial charge in [-0.3, -0.25) is 10.2 Å². The Morgan fingerprint density at radius 2 is 1.64 bits per heavy atom. The molecule has 0 aromatic heterocycles. The first-order valence-corrected chi connectivity index (χ1v) is 9.72. The van der Waals surface area contributed by atoms with Gasteiger partial charge < -0.3 is 9.47 Å². The quantitative estimate of drug-likeness (QED) is 0.688. The average Bonchev–Trinajstić information content (AvgIpc) is 2.71. The molecule has 5 nitrogen and oxygen atoms in total. The number of hydrogen-bond acceptors (Lipinski definition) is 4. The Balaban J connectivity index is 0.00000280. The first kappa shape index (κ1) is 22.1. The molecule has 1 N–H and O–H groups in total. The molecule has 0 saturated carbocycles. The van der Waals surface area contributed by atoms with Gasteiger partial charge in [-0.05, 0) is 55.8 Å². The summed E-state index contributed by atoms with van der Waals surface area (Å²) in [4.78, 5) is 14.3. The first-order valence-electron chi connectivity index (χ1n) is 9.72. The molecule has 0 unspecified atom stereocenters. The number of rotatable bonds is 8. The van der Waals surface area contributed by atoms with E-state index in [9.17, 15) is 4.79 Å². The Morgan fingerprint density at radius 3 is 2.36 bits per heavy atom. The summed E-state index contributed by atoms with van der Waals surface area (Å²) in [5.41, 5.74) is 1.85. The number of likely N-dealkylation sites (tertiary alicyclic amines) is 1. The number of ether oxygens (including phenoxy) is 2. The van der Waals surface area contributed by atoms with E-state index in [0.717, 1.165) is 17.9 Å². The van der Waals surface area contributed by atoms with Gasteiger partial charge in [-0.15, -0.1) is 12.4 Å². The van der Waals surface area contributed by atoms with Crippen molar-refractivity contribution >= 4 is 24.2 Å². The van der Waals surface area contributed by atoms with E-state index >= 15 is 0 Å². The smallest absolute Gasteiger partial charge is 0.411 e. The van der Waals surface area contributed by atoms with Crippen LogP contribution in [0, 0.1) is 0 Å². The Kier molecular flexibility index (Phi) is 9.66. The summed E-state index contributed by atoms with van der Waals surface area (Å²) in [7, 11) is 0. The molecular formula is C22H29ClN2O3. The molecule has 6 heteroatoms. The van der Waals surface area contributed by atoms with Gasteiger partial charge in [-0.1, -0.05) is 36.8 Å². The van der Waals surface area contributed by atoms with Crippen LogP contribution in [0.1, 0.15) is 24.8 Å². The Labute approximate surface area is 173 Å². The molecule has 1 saturated heterocycles. The van der Waals surface area contributed by atoms with Crippen LogP contribution >= 0.6 is 12.4 Å². The van der Waals surface area contributed by atoms with Crippen LogP contribution in [-0.4, -0.2) is 43.8 Å². The molecule has 1 heterocycles. The third kappa shape index (κ3) is 7.79. The van der Waals surface area contributed by atoms with Crippen molar-refractivity contribution < 1.29 is 14.3 Å². The number of halogens is 1. The third-order valence-electron chi connectivity index (χ3n) is 4.69. The summed E-state index contributed by atoms with van der Waals surface area (Å²) in [6.45, 7) is 4.37. The van der Waals surface area contributed by atoms with Crippen LogP contribution < -0.4 is 10.1 Å². The van der Waals surface area contributed by atoms with Crippen molar-refractivity contribution in [3.05, 3.63) is 60.2 Å². The Hall–Kier alpha value is -2.24. The Morgan fingerprint density at radius 1 is 0.929 bits per heavy atom. The van der Waals surface area contributed by atoms with Gasteiger partial charge in [-0.2, -0.15) is 0 Å². The van der Waals surface area contributed by atoms with E-state index in [1.807, 2.05) is 54.6 Å². The molecule has 1 aliphatic rings. The zero-order valence-electron chi connectivity index (χ0n) is 16.1. The Bertz CT molecular complexity index is 689. The minimum absolute atomic E-state index is 0. The van der Waals surface area contributed by atoms with E-state index in [1.165, 1.54) is 32.4 Å². The lowest BCUT2D eigenvalue weighted by atomic mass is 10.1. The second kappa shape index (κ2) is 12.3. The fourth-order valence-corrected chi connectivity index (χ4v) is 3.17.